The zero-order valence-electron chi connectivity index (χ0n) is 23.9. The molecule has 0 heterocycles. The fourth-order valence-corrected chi connectivity index (χ4v) is 3.84. The van der Waals surface area contributed by atoms with Gasteiger partial charge in [0.05, 0.1) is 33.5 Å². The van der Waals surface area contributed by atoms with Crippen molar-refractivity contribution in [3.05, 3.63) is 71.0 Å². The molecule has 0 aliphatic carbocycles. The molecule has 0 saturated heterocycles. The van der Waals surface area contributed by atoms with E-state index in [1.54, 1.807) is 45.0 Å². The molecule has 9 heteroatoms. The number of halogens is 1. The molecule has 2 rings (SSSR count). The van der Waals surface area contributed by atoms with Gasteiger partial charge in [0.15, 0.2) is 5.78 Å². The first-order valence-electron chi connectivity index (χ1n) is 13.5. The number of esters is 2. The van der Waals surface area contributed by atoms with E-state index in [1.165, 1.54) is 19.2 Å². The molecule has 0 aliphatic rings. The SMILES string of the molecule is COC(=O)C(CCc1ccc(F)cc1)C(=O)c1ccc(CCCOCCOCCOCC(=O)OC(C)(C)C)cc1. The smallest absolute Gasteiger partial charge is 0.332 e. The lowest BCUT2D eigenvalue weighted by atomic mass is 9.91. The Bertz CT molecular complexity index is 1040. The van der Waals surface area contributed by atoms with E-state index in [9.17, 15) is 18.8 Å². The van der Waals surface area contributed by atoms with Gasteiger partial charge in [0, 0.05) is 12.2 Å². The summed E-state index contributed by atoms with van der Waals surface area (Å²) in [5, 5.41) is 0. The molecule has 0 aromatic heterocycles. The van der Waals surface area contributed by atoms with Crippen LogP contribution in [0.15, 0.2) is 48.5 Å². The minimum absolute atomic E-state index is 0.102. The van der Waals surface area contributed by atoms with Crippen LogP contribution in [-0.2, 0) is 46.1 Å². The predicted molar refractivity (Wildman–Crippen MR) is 148 cm³/mol. The van der Waals surface area contributed by atoms with E-state index in [4.69, 9.17) is 23.7 Å². The second-order valence-electron chi connectivity index (χ2n) is 10.3. The van der Waals surface area contributed by atoms with E-state index in [0.29, 0.717) is 45.0 Å². The number of rotatable bonds is 18. The highest BCUT2D eigenvalue weighted by molar-refractivity contribution is 6.08. The number of carbonyl (C=O) groups is 3. The van der Waals surface area contributed by atoms with Gasteiger partial charge in [-0.3, -0.25) is 9.59 Å². The van der Waals surface area contributed by atoms with E-state index >= 15 is 0 Å². The van der Waals surface area contributed by atoms with Gasteiger partial charge in [-0.05, 0) is 69.7 Å². The van der Waals surface area contributed by atoms with E-state index < -0.39 is 23.5 Å². The van der Waals surface area contributed by atoms with Gasteiger partial charge in [-0.2, -0.15) is 0 Å². The highest BCUT2D eigenvalue weighted by atomic mass is 19.1. The van der Waals surface area contributed by atoms with Crippen LogP contribution in [-0.4, -0.2) is 70.1 Å². The summed E-state index contributed by atoms with van der Waals surface area (Å²) in [5.41, 5.74) is 1.82. The molecule has 0 spiro atoms. The Balaban J connectivity index is 1.62. The van der Waals surface area contributed by atoms with Crippen molar-refractivity contribution in [2.75, 3.05) is 46.8 Å². The van der Waals surface area contributed by atoms with Gasteiger partial charge in [0.1, 0.15) is 23.9 Å². The summed E-state index contributed by atoms with van der Waals surface area (Å²) in [6.45, 7) is 7.41. The quantitative estimate of drug-likeness (QED) is 0.112. The molecule has 1 atom stereocenters. The van der Waals surface area contributed by atoms with Crippen molar-refractivity contribution in [2.24, 2.45) is 5.92 Å². The molecule has 40 heavy (non-hydrogen) atoms. The van der Waals surface area contributed by atoms with Crippen LogP contribution in [0.2, 0.25) is 0 Å². The molecule has 1 unspecified atom stereocenters. The van der Waals surface area contributed by atoms with Crippen LogP contribution < -0.4 is 0 Å². The summed E-state index contributed by atoms with van der Waals surface area (Å²) in [6, 6.07) is 13.2. The molecular weight excluding hydrogens is 519 g/mol. The molecule has 2 aromatic rings. The largest absolute Gasteiger partial charge is 0.468 e. The first kappa shape index (κ1) is 33.1. The number of ketones is 1. The Kier molecular flexibility index (Phi) is 14.5. The van der Waals surface area contributed by atoms with Crippen molar-refractivity contribution in [1.82, 2.24) is 0 Å². The minimum atomic E-state index is -0.923. The van der Waals surface area contributed by atoms with Crippen molar-refractivity contribution in [3.8, 4) is 0 Å². The normalized spacial score (nSPS) is 12.1. The zero-order valence-corrected chi connectivity index (χ0v) is 23.9. The molecule has 0 radical (unpaired) electrons. The molecule has 2 aromatic carbocycles. The van der Waals surface area contributed by atoms with Crippen LogP contribution in [0, 0.1) is 11.7 Å². The summed E-state index contributed by atoms with van der Waals surface area (Å²) in [7, 11) is 1.27. The van der Waals surface area contributed by atoms with E-state index in [1.807, 2.05) is 12.1 Å². The van der Waals surface area contributed by atoms with Crippen molar-refractivity contribution in [3.63, 3.8) is 0 Å². The topological polar surface area (TPSA) is 97.4 Å². The van der Waals surface area contributed by atoms with Gasteiger partial charge >= 0.3 is 11.9 Å². The van der Waals surface area contributed by atoms with Gasteiger partial charge in [-0.1, -0.05) is 36.4 Å². The third-order valence-corrected chi connectivity index (χ3v) is 5.81. The number of hydrogen-bond donors (Lipinski definition) is 0. The number of Topliss-reactive ketones (excluding diaryl/α,β-unsaturated/α-hetero) is 1. The molecule has 0 aliphatic heterocycles. The Morgan fingerprint density at radius 1 is 0.775 bits per heavy atom. The van der Waals surface area contributed by atoms with Crippen LogP contribution in [0.5, 0.6) is 0 Å². The van der Waals surface area contributed by atoms with Crippen LogP contribution >= 0.6 is 0 Å². The fraction of sp³-hybridized carbons (Fsp3) is 0.516. The Labute approximate surface area is 236 Å². The Hall–Kier alpha value is -3.14. The van der Waals surface area contributed by atoms with Gasteiger partial charge < -0.3 is 23.7 Å². The van der Waals surface area contributed by atoms with Gasteiger partial charge in [0.2, 0.25) is 0 Å². The van der Waals surface area contributed by atoms with Crippen LogP contribution in [0.25, 0.3) is 0 Å². The van der Waals surface area contributed by atoms with Gasteiger partial charge in [0.25, 0.3) is 0 Å². The summed E-state index contributed by atoms with van der Waals surface area (Å²) >= 11 is 0. The predicted octanol–water partition coefficient (Wildman–Crippen LogP) is 4.75. The fourth-order valence-electron chi connectivity index (χ4n) is 3.84. The Morgan fingerprint density at radius 3 is 1.93 bits per heavy atom. The first-order valence-corrected chi connectivity index (χ1v) is 13.5. The molecule has 0 fully saturated rings. The standard InChI is InChI=1S/C31H41FO8/c1-31(2,3)40-28(33)22-39-21-20-38-19-18-37-17-5-6-23-7-12-25(13-8-23)29(34)27(30(35)36-4)16-11-24-9-14-26(32)15-10-24/h7-10,12-15,27H,5-6,11,16-22H2,1-4H3. The van der Waals surface area contributed by atoms with Crippen molar-refractivity contribution in [1.29, 1.82) is 0 Å². The van der Waals surface area contributed by atoms with Crippen molar-refractivity contribution in [2.45, 2.75) is 52.1 Å². The average Bonchev–Trinajstić information content (AvgIpc) is 2.91. The summed E-state index contributed by atoms with van der Waals surface area (Å²) < 4.78 is 39.4. The lowest BCUT2D eigenvalue weighted by Gasteiger charge is -2.19. The highest BCUT2D eigenvalue weighted by Gasteiger charge is 2.28. The van der Waals surface area contributed by atoms with Gasteiger partial charge in [-0.15, -0.1) is 0 Å². The third-order valence-electron chi connectivity index (χ3n) is 5.81. The number of methoxy groups -OCH3 is 1. The van der Waals surface area contributed by atoms with Crippen LogP contribution in [0.3, 0.4) is 0 Å². The molecular formula is C31H41FO8. The minimum Gasteiger partial charge on any atom is -0.468 e. The number of aryl methyl sites for hydroxylation is 2. The molecule has 220 valence electrons. The zero-order chi connectivity index (χ0) is 29.4. The Morgan fingerprint density at radius 2 is 1.32 bits per heavy atom. The maximum Gasteiger partial charge on any atom is 0.332 e. The maximum absolute atomic E-state index is 13.1. The van der Waals surface area contributed by atoms with Crippen LogP contribution in [0.1, 0.15) is 55.1 Å². The van der Waals surface area contributed by atoms with E-state index in [-0.39, 0.29) is 24.6 Å². The maximum atomic E-state index is 13.1. The molecule has 0 saturated carbocycles. The van der Waals surface area contributed by atoms with Gasteiger partial charge in [-0.25, -0.2) is 9.18 Å². The van der Waals surface area contributed by atoms with E-state index in [2.05, 4.69) is 0 Å². The average molecular weight is 561 g/mol. The van der Waals surface area contributed by atoms with E-state index in [0.717, 1.165) is 24.0 Å². The van der Waals surface area contributed by atoms with Crippen molar-refractivity contribution >= 4 is 17.7 Å². The summed E-state index contributed by atoms with van der Waals surface area (Å²) in [5.74, 6) is -2.53. The highest BCUT2D eigenvalue weighted by Crippen LogP contribution is 2.19. The van der Waals surface area contributed by atoms with Crippen molar-refractivity contribution < 1.29 is 42.5 Å². The number of hydrogen-bond acceptors (Lipinski definition) is 8. The number of carbonyl (C=O) groups excluding carboxylic acids is 3. The molecule has 8 nitrogen and oxygen atoms in total. The second kappa shape index (κ2) is 17.5. The number of benzene rings is 2. The molecule has 0 amide bonds. The summed E-state index contributed by atoms with van der Waals surface area (Å²) in [6.07, 6.45) is 2.31. The third kappa shape index (κ3) is 13.3. The summed E-state index contributed by atoms with van der Waals surface area (Å²) in [4.78, 5) is 36.9. The number of ether oxygens (including phenoxy) is 5. The lowest BCUT2D eigenvalue weighted by Crippen LogP contribution is -2.27. The first-order chi connectivity index (χ1) is 19.1. The van der Waals surface area contributed by atoms with Crippen LogP contribution in [0.4, 0.5) is 4.39 Å². The molecule has 0 N–H and O–H groups in total. The monoisotopic (exact) mass is 560 g/mol. The lowest BCUT2D eigenvalue weighted by molar-refractivity contribution is -0.160. The second-order valence-corrected chi connectivity index (χ2v) is 10.3. The molecule has 0 bridgehead atoms.